The highest BCUT2D eigenvalue weighted by Gasteiger charge is 2.31. The smallest absolute Gasteiger partial charge is 0.254 e. The van der Waals surface area contributed by atoms with Gasteiger partial charge in [0.2, 0.25) is 5.91 Å². The lowest BCUT2D eigenvalue weighted by molar-refractivity contribution is -0.124. The Kier molecular flexibility index (Phi) is 5.13. The molecular formula is C16H21IN2O2. The number of carbonyl (C=O) groups excluding carboxylic acids is 2. The van der Waals surface area contributed by atoms with Crippen LogP contribution >= 0.6 is 20.7 Å². The summed E-state index contributed by atoms with van der Waals surface area (Å²) < 4.78 is 1.17. The molecule has 0 saturated carbocycles. The molecule has 1 aromatic rings. The summed E-state index contributed by atoms with van der Waals surface area (Å²) in [6, 6.07) is 5.34. The summed E-state index contributed by atoms with van der Waals surface area (Å²) in [5.41, 5.74) is 2.76. The Morgan fingerprint density at radius 1 is 1.38 bits per heavy atom. The lowest BCUT2D eigenvalue weighted by Crippen LogP contribution is -2.52. The number of rotatable bonds is 2. The predicted octanol–water partition coefficient (Wildman–Crippen LogP) is 2.38. The van der Waals surface area contributed by atoms with E-state index in [1.165, 1.54) is 3.63 Å². The average Bonchev–Trinajstić information content (AvgIpc) is 2.48. The number of nitrogens with zero attached hydrogens (tertiary/aromatic N) is 1. The Morgan fingerprint density at radius 3 is 2.71 bits per heavy atom. The van der Waals surface area contributed by atoms with Gasteiger partial charge in [0, 0.05) is 16.2 Å². The monoisotopic (exact) mass is 400 g/mol. The average molecular weight is 400 g/mol. The molecule has 1 unspecified atom stereocenters. The van der Waals surface area contributed by atoms with Crippen molar-refractivity contribution in [2.75, 3.05) is 12.0 Å². The zero-order valence-electron chi connectivity index (χ0n) is 12.9. The largest absolute Gasteiger partial charge is 0.330 e. The second-order valence-corrected chi connectivity index (χ2v) is 7.68. The molecule has 0 aliphatic carbocycles. The van der Waals surface area contributed by atoms with Crippen LogP contribution < -0.4 is 5.32 Å². The predicted molar refractivity (Wildman–Crippen MR) is 94.1 cm³/mol. The van der Waals surface area contributed by atoms with Crippen molar-refractivity contribution in [3.8, 4) is 0 Å². The van der Waals surface area contributed by atoms with Gasteiger partial charge in [-0.3, -0.25) is 9.59 Å². The van der Waals surface area contributed by atoms with Crippen LogP contribution in [0.25, 0.3) is 0 Å². The van der Waals surface area contributed by atoms with Gasteiger partial charge in [-0.05, 0) is 48.8 Å². The first-order chi connectivity index (χ1) is 9.95. The Hall–Kier alpha value is -1.24. The topological polar surface area (TPSA) is 49.4 Å². The van der Waals surface area contributed by atoms with E-state index in [1.54, 1.807) is 11.9 Å². The number of alkyl halides is 1. The van der Waals surface area contributed by atoms with E-state index < -0.39 is 0 Å². The van der Waals surface area contributed by atoms with Crippen molar-refractivity contribution < 1.29 is 9.59 Å². The summed E-state index contributed by atoms with van der Waals surface area (Å²) >= 11 is -0.0690. The van der Waals surface area contributed by atoms with Crippen molar-refractivity contribution in [1.29, 1.82) is 0 Å². The Morgan fingerprint density at radius 2 is 2.10 bits per heavy atom. The number of nitrogens with one attached hydrogen (secondary N) is 1. The van der Waals surface area contributed by atoms with E-state index >= 15 is 0 Å². The fourth-order valence-corrected chi connectivity index (χ4v) is 3.89. The van der Waals surface area contributed by atoms with Crippen LogP contribution in [0.3, 0.4) is 0 Å². The van der Waals surface area contributed by atoms with E-state index in [0.29, 0.717) is 5.56 Å². The molecule has 0 bridgehead atoms. The molecule has 1 saturated heterocycles. The third-order valence-corrected chi connectivity index (χ3v) is 6.16. The number of aryl methyl sites for hydroxylation is 1. The first-order valence-electron chi connectivity index (χ1n) is 6.95. The van der Waals surface area contributed by atoms with Gasteiger partial charge in [-0.1, -0.05) is 12.1 Å². The minimum absolute atomic E-state index is 0.0426. The number of halogens is 1. The molecule has 1 heterocycles. The zero-order chi connectivity index (χ0) is 15.6. The van der Waals surface area contributed by atoms with E-state index in [2.05, 4.69) is 10.2 Å². The second kappa shape index (κ2) is 6.68. The minimum atomic E-state index is -0.364. The van der Waals surface area contributed by atoms with Crippen molar-refractivity contribution in [2.24, 2.45) is 0 Å². The summed E-state index contributed by atoms with van der Waals surface area (Å²) in [4.78, 5) is 28.6. The van der Waals surface area contributed by atoms with Crippen LogP contribution in [0.15, 0.2) is 18.2 Å². The van der Waals surface area contributed by atoms with E-state index in [9.17, 15) is 9.59 Å². The van der Waals surface area contributed by atoms with Gasteiger partial charge in [0.25, 0.3) is 5.91 Å². The molecule has 1 aliphatic heterocycles. The normalized spacial score (nSPS) is 20.7. The van der Waals surface area contributed by atoms with Crippen LogP contribution in [0.4, 0.5) is 0 Å². The van der Waals surface area contributed by atoms with E-state index in [4.69, 9.17) is 0 Å². The first-order valence-corrected chi connectivity index (χ1v) is 10.2. The molecule has 0 spiro atoms. The molecule has 1 fully saturated rings. The van der Waals surface area contributed by atoms with Crippen LogP contribution in [0.2, 0.25) is 0 Å². The number of benzene rings is 1. The number of hydrogen-bond donors (Lipinski definition) is 1. The molecule has 1 atom stereocenters. The number of hydrogen-bond acceptors (Lipinski definition) is 2. The summed E-state index contributed by atoms with van der Waals surface area (Å²) in [5.74, 6) is -0.120. The fourth-order valence-electron chi connectivity index (χ4n) is 2.50. The summed E-state index contributed by atoms with van der Waals surface area (Å²) in [7, 11) is 1.72. The molecule has 5 heteroatoms. The number of piperidine rings is 1. The third-order valence-electron chi connectivity index (χ3n) is 4.05. The van der Waals surface area contributed by atoms with Gasteiger partial charge in [-0.25, -0.2) is 0 Å². The van der Waals surface area contributed by atoms with E-state index in [-0.39, 0.29) is 38.6 Å². The van der Waals surface area contributed by atoms with Gasteiger partial charge in [-0.15, -0.1) is 20.7 Å². The standard InChI is InChI=1S/C16H21IN2O2/c1-10-6-5-7-12(11(10)2)16(21)19(4)13-8-9-14(17-3)18-15(13)20/h5-7,13H,8-9H2,1-4H3,(H,18,20). The highest BCUT2D eigenvalue weighted by atomic mass is 127. The quantitative estimate of drug-likeness (QED) is 0.612. The van der Waals surface area contributed by atoms with Crippen molar-refractivity contribution >= 4 is 36.2 Å². The molecule has 2 amide bonds. The van der Waals surface area contributed by atoms with Gasteiger partial charge in [0.1, 0.15) is 6.04 Å². The van der Waals surface area contributed by atoms with Gasteiger partial charge >= 0.3 is 0 Å². The Labute approximate surface area is 135 Å². The SMILES string of the molecule is CI=C1CCC(N(C)C(=O)c2cccc(C)c2C)C(=O)N1. The third kappa shape index (κ3) is 3.33. The van der Waals surface area contributed by atoms with E-state index in [0.717, 1.165) is 24.0 Å². The van der Waals surface area contributed by atoms with Crippen LogP contribution in [-0.4, -0.2) is 38.4 Å². The minimum Gasteiger partial charge on any atom is -0.330 e. The van der Waals surface area contributed by atoms with Crippen molar-refractivity contribution in [3.05, 3.63) is 34.9 Å². The molecule has 2 rings (SSSR count). The first kappa shape index (κ1) is 16.1. The van der Waals surface area contributed by atoms with Crippen molar-refractivity contribution in [3.63, 3.8) is 0 Å². The van der Waals surface area contributed by atoms with Crippen molar-refractivity contribution in [2.45, 2.75) is 32.7 Å². The van der Waals surface area contributed by atoms with Crippen LogP contribution in [0.1, 0.15) is 34.3 Å². The van der Waals surface area contributed by atoms with Gasteiger partial charge < -0.3 is 10.2 Å². The van der Waals surface area contributed by atoms with E-state index in [1.807, 2.05) is 32.0 Å². The van der Waals surface area contributed by atoms with Gasteiger partial charge in [-0.2, -0.15) is 0 Å². The molecule has 21 heavy (non-hydrogen) atoms. The Balaban J connectivity index is 2.20. The molecule has 0 radical (unpaired) electrons. The summed E-state index contributed by atoms with van der Waals surface area (Å²) in [6.45, 7) is 3.94. The van der Waals surface area contributed by atoms with Crippen molar-refractivity contribution in [1.82, 2.24) is 10.2 Å². The number of likely N-dealkylation sites (N-methyl/N-ethyl adjacent to an activating group) is 1. The highest BCUT2D eigenvalue weighted by Crippen LogP contribution is 2.19. The lowest BCUT2D eigenvalue weighted by atomic mass is 10.00. The maximum absolute atomic E-state index is 12.7. The van der Waals surface area contributed by atoms with Crippen LogP contribution in [-0.2, 0) is 4.79 Å². The maximum Gasteiger partial charge on any atom is 0.254 e. The van der Waals surface area contributed by atoms with Gasteiger partial charge in [0.15, 0.2) is 0 Å². The molecule has 0 aromatic heterocycles. The maximum atomic E-state index is 12.7. The molecule has 4 nitrogen and oxygen atoms in total. The molecule has 1 aromatic carbocycles. The molecule has 114 valence electrons. The lowest BCUT2D eigenvalue weighted by Gasteiger charge is -2.31. The fraction of sp³-hybridized carbons (Fsp3) is 0.438. The number of amides is 2. The molecular weight excluding hydrogens is 379 g/mol. The summed E-state index contributed by atoms with van der Waals surface area (Å²) in [5, 5.41) is 2.96. The van der Waals surface area contributed by atoms with Gasteiger partial charge in [0.05, 0.1) is 0 Å². The summed E-state index contributed by atoms with van der Waals surface area (Å²) in [6.07, 6.45) is 1.62. The zero-order valence-corrected chi connectivity index (χ0v) is 15.0. The van der Waals surface area contributed by atoms with Crippen LogP contribution in [0, 0.1) is 13.8 Å². The highest BCUT2D eigenvalue weighted by molar-refractivity contribution is 14.2. The molecule has 1 N–H and O–H groups in total. The molecule has 1 aliphatic rings. The van der Waals surface area contributed by atoms with Crippen LogP contribution in [0.5, 0.6) is 0 Å². The second-order valence-electron chi connectivity index (χ2n) is 5.30. The number of carbonyl (C=O) groups is 2. The Bertz CT molecular complexity index is 610.